The minimum absolute atomic E-state index is 0.0383. The highest BCUT2D eigenvalue weighted by Crippen LogP contribution is 2.17. The Bertz CT molecular complexity index is 426. The van der Waals surface area contributed by atoms with Crippen molar-refractivity contribution < 1.29 is 19.7 Å². The number of hydrogen-bond acceptors (Lipinski definition) is 4. The Hall–Kier alpha value is -1.99. The molecule has 2 N–H and O–H groups in total. The number of benzene rings is 1. The molecule has 0 bridgehead atoms. The summed E-state index contributed by atoms with van der Waals surface area (Å²) in [5.41, 5.74) is 0.587. The quantitative estimate of drug-likeness (QED) is 0.519. The van der Waals surface area contributed by atoms with Gasteiger partial charge in [0.15, 0.2) is 0 Å². The molecule has 78 valence electrons. The molecule has 15 heavy (non-hydrogen) atoms. The van der Waals surface area contributed by atoms with Gasteiger partial charge < -0.3 is 14.9 Å². The van der Waals surface area contributed by atoms with Crippen LogP contribution in [0.2, 0.25) is 0 Å². The SMILES string of the molecule is COC(=O)c1ccc(O)c(C#CCO)c1. The van der Waals surface area contributed by atoms with Crippen molar-refractivity contribution in [1.29, 1.82) is 0 Å². The van der Waals surface area contributed by atoms with Gasteiger partial charge in [0.2, 0.25) is 0 Å². The molecule has 0 aliphatic carbocycles. The minimum atomic E-state index is -0.498. The Morgan fingerprint density at radius 2 is 2.27 bits per heavy atom. The summed E-state index contributed by atoms with van der Waals surface area (Å²) in [7, 11) is 1.27. The van der Waals surface area contributed by atoms with Crippen molar-refractivity contribution in [3.8, 4) is 17.6 Å². The third-order valence-corrected chi connectivity index (χ3v) is 1.72. The molecule has 4 heteroatoms. The first-order valence-corrected chi connectivity index (χ1v) is 4.20. The van der Waals surface area contributed by atoms with E-state index in [-0.39, 0.29) is 17.9 Å². The van der Waals surface area contributed by atoms with Crippen molar-refractivity contribution in [2.75, 3.05) is 13.7 Å². The minimum Gasteiger partial charge on any atom is -0.507 e. The monoisotopic (exact) mass is 206 g/mol. The van der Waals surface area contributed by atoms with Crippen molar-refractivity contribution in [2.45, 2.75) is 0 Å². The number of esters is 1. The lowest BCUT2D eigenvalue weighted by atomic mass is 10.1. The highest BCUT2D eigenvalue weighted by atomic mass is 16.5. The van der Waals surface area contributed by atoms with Gasteiger partial charge in [-0.05, 0) is 18.2 Å². The molecule has 0 aromatic heterocycles. The first-order valence-electron chi connectivity index (χ1n) is 4.20. The molecule has 0 atom stereocenters. The molecule has 0 spiro atoms. The maximum atomic E-state index is 11.1. The van der Waals surface area contributed by atoms with Gasteiger partial charge in [0, 0.05) is 0 Å². The van der Waals surface area contributed by atoms with Gasteiger partial charge in [-0.2, -0.15) is 0 Å². The summed E-state index contributed by atoms with van der Waals surface area (Å²) in [5, 5.41) is 17.9. The average Bonchev–Trinajstić information content (AvgIpc) is 2.27. The van der Waals surface area contributed by atoms with E-state index in [1.54, 1.807) is 0 Å². The van der Waals surface area contributed by atoms with Crippen molar-refractivity contribution in [3.63, 3.8) is 0 Å². The van der Waals surface area contributed by atoms with Crippen LogP contribution >= 0.6 is 0 Å². The molecule has 0 saturated carbocycles. The zero-order valence-electron chi connectivity index (χ0n) is 8.15. The summed E-state index contributed by atoms with van der Waals surface area (Å²) >= 11 is 0. The molecular weight excluding hydrogens is 196 g/mol. The Balaban J connectivity index is 3.10. The van der Waals surface area contributed by atoms with Gasteiger partial charge in [0.25, 0.3) is 0 Å². The van der Waals surface area contributed by atoms with Crippen LogP contribution in [0.4, 0.5) is 0 Å². The summed E-state index contributed by atoms with van der Waals surface area (Å²) < 4.78 is 4.52. The van der Waals surface area contributed by atoms with Crippen molar-refractivity contribution >= 4 is 5.97 Å². The van der Waals surface area contributed by atoms with Crippen molar-refractivity contribution in [2.24, 2.45) is 0 Å². The van der Waals surface area contributed by atoms with Crippen LogP contribution in [-0.4, -0.2) is 29.9 Å². The Morgan fingerprint density at radius 3 is 2.87 bits per heavy atom. The van der Waals surface area contributed by atoms with Gasteiger partial charge in [-0.1, -0.05) is 11.8 Å². The van der Waals surface area contributed by atoms with E-state index in [1.165, 1.54) is 25.3 Å². The van der Waals surface area contributed by atoms with Gasteiger partial charge >= 0.3 is 5.97 Å². The lowest BCUT2D eigenvalue weighted by Gasteiger charge is -2.01. The van der Waals surface area contributed by atoms with E-state index < -0.39 is 5.97 Å². The van der Waals surface area contributed by atoms with Crippen LogP contribution in [0, 0.1) is 11.8 Å². The summed E-state index contributed by atoms with van der Waals surface area (Å²) in [6, 6.07) is 4.20. The second-order valence-corrected chi connectivity index (χ2v) is 2.68. The highest BCUT2D eigenvalue weighted by molar-refractivity contribution is 5.90. The largest absolute Gasteiger partial charge is 0.507 e. The number of ether oxygens (including phenoxy) is 1. The maximum absolute atomic E-state index is 11.1. The zero-order valence-corrected chi connectivity index (χ0v) is 8.15. The summed E-state index contributed by atoms with van der Waals surface area (Å²) in [6.45, 7) is -0.304. The lowest BCUT2D eigenvalue weighted by Crippen LogP contribution is -2.01. The number of methoxy groups -OCH3 is 1. The van der Waals surface area contributed by atoms with Crippen molar-refractivity contribution in [1.82, 2.24) is 0 Å². The molecule has 1 rings (SSSR count). The molecule has 0 radical (unpaired) electrons. The van der Waals surface area contributed by atoms with E-state index in [1.807, 2.05) is 0 Å². The van der Waals surface area contributed by atoms with E-state index in [2.05, 4.69) is 16.6 Å². The molecule has 0 saturated heterocycles. The average molecular weight is 206 g/mol. The van der Waals surface area contributed by atoms with Crippen LogP contribution in [0.5, 0.6) is 5.75 Å². The van der Waals surface area contributed by atoms with Crippen LogP contribution in [0.15, 0.2) is 18.2 Å². The van der Waals surface area contributed by atoms with E-state index in [0.717, 1.165) is 0 Å². The number of carbonyl (C=O) groups is 1. The molecule has 1 aromatic carbocycles. The number of phenols is 1. The van der Waals surface area contributed by atoms with Gasteiger partial charge in [0.05, 0.1) is 18.2 Å². The fourth-order valence-electron chi connectivity index (χ4n) is 1.02. The molecule has 0 aliphatic heterocycles. The summed E-state index contributed by atoms with van der Waals surface area (Å²) in [6.07, 6.45) is 0. The molecular formula is C11H10O4. The van der Waals surface area contributed by atoms with Gasteiger partial charge in [-0.25, -0.2) is 4.79 Å². The van der Waals surface area contributed by atoms with E-state index in [4.69, 9.17) is 5.11 Å². The molecule has 0 aliphatic rings. The molecule has 0 unspecified atom stereocenters. The number of carbonyl (C=O) groups excluding carboxylic acids is 1. The van der Waals surface area contributed by atoms with Gasteiger partial charge in [0.1, 0.15) is 12.4 Å². The van der Waals surface area contributed by atoms with Crippen LogP contribution in [0.3, 0.4) is 0 Å². The Labute approximate surface area is 87.1 Å². The summed E-state index contributed by atoms with van der Waals surface area (Å²) in [5.74, 6) is 4.37. The maximum Gasteiger partial charge on any atom is 0.337 e. The second-order valence-electron chi connectivity index (χ2n) is 2.68. The van der Waals surface area contributed by atoms with E-state index in [9.17, 15) is 9.90 Å². The van der Waals surface area contributed by atoms with Crippen LogP contribution in [-0.2, 0) is 4.74 Å². The molecule has 0 amide bonds. The van der Waals surface area contributed by atoms with Crippen LogP contribution in [0.25, 0.3) is 0 Å². The molecule has 1 aromatic rings. The highest BCUT2D eigenvalue weighted by Gasteiger charge is 2.07. The predicted molar refractivity (Wildman–Crippen MR) is 53.4 cm³/mol. The third kappa shape index (κ3) is 2.73. The Kier molecular flexibility index (Phi) is 3.72. The molecule has 0 fully saturated rings. The first kappa shape index (κ1) is 11.1. The Morgan fingerprint density at radius 1 is 1.53 bits per heavy atom. The smallest absolute Gasteiger partial charge is 0.337 e. The number of aliphatic hydroxyl groups is 1. The zero-order chi connectivity index (χ0) is 11.3. The number of hydrogen-bond donors (Lipinski definition) is 2. The number of aliphatic hydroxyl groups excluding tert-OH is 1. The van der Waals surface area contributed by atoms with Crippen LogP contribution < -0.4 is 0 Å². The van der Waals surface area contributed by atoms with Crippen LogP contribution in [0.1, 0.15) is 15.9 Å². The molecule has 0 heterocycles. The second kappa shape index (κ2) is 5.03. The standard InChI is InChI=1S/C11H10O4/c1-15-11(14)9-4-5-10(13)8(7-9)3-2-6-12/h4-5,7,12-13H,6H2,1H3. The number of phenolic OH excluding ortho intramolecular Hbond substituents is 1. The van der Waals surface area contributed by atoms with Gasteiger partial charge in [-0.3, -0.25) is 0 Å². The van der Waals surface area contributed by atoms with E-state index >= 15 is 0 Å². The van der Waals surface area contributed by atoms with Crippen molar-refractivity contribution in [3.05, 3.63) is 29.3 Å². The summed E-state index contributed by atoms with van der Waals surface area (Å²) in [4.78, 5) is 11.1. The number of aromatic hydroxyl groups is 1. The fourth-order valence-corrected chi connectivity index (χ4v) is 1.02. The first-order chi connectivity index (χ1) is 7.19. The third-order valence-electron chi connectivity index (χ3n) is 1.72. The predicted octanol–water partition coefficient (Wildman–Crippen LogP) is 0.523. The fraction of sp³-hybridized carbons (Fsp3) is 0.182. The number of rotatable bonds is 1. The normalized spacial score (nSPS) is 8.93. The molecule has 4 nitrogen and oxygen atoms in total. The lowest BCUT2D eigenvalue weighted by molar-refractivity contribution is 0.0600. The topological polar surface area (TPSA) is 66.8 Å². The van der Waals surface area contributed by atoms with E-state index in [0.29, 0.717) is 5.56 Å². The van der Waals surface area contributed by atoms with Gasteiger partial charge in [-0.15, -0.1) is 0 Å².